The van der Waals surface area contributed by atoms with E-state index in [1.54, 1.807) is 18.5 Å². The molecule has 0 fully saturated rings. The number of aliphatic hydroxyl groups excluding tert-OH is 1. The van der Waals surface area contributed by atoms with Gasteiger partial charge in [-0.15, -0.1) is 0 Å². The van der Waals surface area contributed by atoms with E-state index in [4.69, 9.17) is 9.63 Å². The van der Waals surface area contributed by atoms with E-state index in [0.717, 1.165) is 5.56 Å². The van der Waals surface area contributed by atoms with Gasteiger partial charge in [-0.2, -0.15) is 4.98 Å². The topological polar surface area (TPSA) is 72.0 Å². The van der Waals surface area contributed by atoms with E-state index in [9.17, 15) is 0 Å². The first-order valence-electron chi connectivity index (χ1n) is 3.74. The number of nitrogens with zero attached hydrogens (tertiary/aromatic N) is 3. The van der Waals surface area contributed by atoms with Crippen LogP contribution < -0.4 is 0 Å². The van der Waals surface area contributed by atoms with Gasteiger partial charge >= 0.3 is 0 Å². The highest BCUT2D eigenvalue weighted by Crippen LogP contribution is 2.12. The number of hydrogen-bond acceptors (Lipinski definition) is 5. The Labute approximate surface area is 74.1 Å². The Kier molecular flexibility index (Phi) is 2.01. The van der Waals surface area contributed by atoms with Gasteiger partial charge in [-0.1, -0.05) is 5.16 Å². The number of pyridine rings is 1. The number of hydrogen-bond donors (Lipinski definition) is 1. The van der Waals surface area contributed by atoms with Crippen molar-refractivity contribution in [3.8, 4) is 11.4 Å². The van der Waals surface area contributed by atoms with Crippen molar-refractivity contribution in [2.24, 2.45) is 0 Å². The van der Waals surface area contributed by atoms with Crippen molar-refractivity contribution in [1.29, 1.82) is 0 Å². The van der Waals surface area contributed by atoms with Crippen LogP contribution in [0.25, 0.3) is 11.4 Å². The van der Waals surface area contributed by atoms with Crippen LogP contribution >= 0.6 is 0 Å². The van der Waals surface area contributed by atoms with Crippen LogP contribution in [-0.2, 0) is 6.61 Å². The molecule has 0 aliphatic carbocycles. The standard InChI is InChI=1S/C8H7N3O2/c12-5-7-10-8(11-13-7)6-2-1-3-9-4-6/h1-4,12H,5H2. The van der Waals surface area contributed by atoms with E-state index in [1.165, 1.54) is 0 Å². The SMILES string of the molecule is OCc1nc(-c2cccnc2)no1. The fourth-order valence-corrected chi connectivity index (χ4v) is 0.931. The molecule has 2 heterocycles. The van der Waals surface area contributed by atoms with Gasteiger partial charge in [-0.25, -0.2) is 0 Å². The average molecular weight is 177 g/mol. The molecule has 5 nitrogen and oxygen atoms in total. The Balaban J connectivity index is 2.36. The van der Waals surface area contributed by atoms with E-state index in [-0.39, 0.29) is 12.5 Å². The minimum Gasteiger partial charge on any atom is -0.387 e. The molecular weight excluding hydrogens is 170 g/mol. The first-order valence-corrected chi connectivity index (χ1v) is 3.74. The molecule has 5 heteroatoms. The van der Waals surface area contributed by atoms with Gasteiger partial charge in [-0.3, -0.25) is 4.98 Å². The van der Waals surface area contributed by atoms with E-state index in [0.29, 0.717) is 5.82 Å². The monoisotopic (exact) mass is 177 g/mol. The molecule has 1 N–H and O–H groups in total. The van der Waals surface area contributed by atoms with Gasteiger partial charge in [0.15, 0.2) is 0 Å². The van der Waals surface area contributed by atoms with Crippen LogP contribution in [0.2, 0.25) is 0 Å². The molecule has 2 aromatic rings. The number of aromatic nitrogens is 3. The fraction of sp³-hybridized carbons (Fsp3) is 0.125. The van der Waals surface area contributed by atoms with Gasteiger partial charge in [0.05, 0.1) is 0 Å². The largest absolute Gasteiger partial charge is 0.387 e. The Morgan fingerprint density at radius 1 is 1.46 bits per heavy atom. The van der Waals surface area contributed by atoms with Crippen molar-refractivity contribution in [3.05, 3.63) is 30.4 Å². The lowest BCUT2D eigenvalue weighted by molar-refractivity contribution is 0.222. The van der Waals surface area contributed by atoms with Crippen LogP contribution in [0.4, 0.5) is 0 Å². The molecule has 2 rings (SSSR count). The maximum absolute atomic E-state index is 8.69. The molecule has 0 bridgehead atoms. The minimum absolute atomic E-state index is 0.207. The van der Waals surface area contributed by atoms with E-state index >= 15 is 0 Å². The molecule has 0 amide bonds. The van der Waals surface area contributed by atoms with Crippen molar-refractivity contribution in [2.75, 3.05) is 0 Å². The third kappa shape index (κ3) is 1.54. The van der Waals surface area contributed by atoms with E-state index in [2.05, 4.69) is 15.1 Å². The van der Waals surface area contributed by atoms with Gasteiger partial charge in [0, 0.05) is 18.0 Å². The van der Waals surface area contributed by atoms with Gasteiger partial charge < -0.3 is 9.63 Å². The summed E-state index contributed by atoms with van der Waals surface area (Å²) >= 11 is 0. The molecule has 0 unspecified atom stereocenters. The van der Waals surface area contributed by atoms with E-state index < -0.39 is 0 Å². The predicted octanol–water partition coefficient (Wildman–Crippen LogP) is 0.624. The van der Waals surface area contributed by atoms with Crippen LogP contribution in [-0.4, -0.2) is 20.2 Å². The summed E-state index contributed by atoms with van der Waals surface area (Å²) in [7, 11) is 0. The van der Waals surface area contributed by atoms with Crippen LogP contribution in [0.3, 0.4) is 0 Å². The molecule has 0 saturated heterocycles. The number of aliphatic hydroxyl groups is 1. The van der Waals surface area contributed by atoms with Crippen molar-refractivity contribution in [3.63, 3.8) is 0 Å². The summed E-state index contributed by atoms with van der Waals surface area (Å²) in [4.78, 5) is 7.84. The molecule has 0 aromatic carbocycles. The first-order chi connectivity index (χ1) is 6.40. The lowest BCUT2D eigenvalue weighted by Gasteiger charge is -1.89. The summed E-state index contributed by atoms with van der Waals surface area (Å²) in [6, 6.07) is 3.60. The summed E-state index contributed by atoms with van der Waals surface area (Å²) in [5.41, 5.74) is 0.769. The second-order valence-electron chi connectivity index (χ2n) is 2.41. The Morgan fingerprint density at radius 2 is 2.38 bits per heavy atom. The first kappa shape index (κ1) is 7.88. The number of rotatable bonds is 2. The zero-order chi connectivity index (χ0) is 9.10. The molecule has 2 aromatic heterocycles. The maximum Gasteiger partial charge on any atom is 0.252 e. The second kappa shape index (κ2) is 3.32. The molecule has 66 valence electrons. The summed E-state index contributed by atoms with van der Waals surface area (Å²) in [5, 5.41) is 12.4. The summed E-state index contributed by atoms with van der Waals surface area (Å²) < 4.78 is 4.73. The Morgan fingerprint density at radius 3 is 3.00 bits per heavy atom. The van der Waals surface area contributed by atoms with Crippen LogP contribution in [0.1, 0.15) is 5.89 Å². The predicted molar refractivity (Wildman–Crippen MR) is 43.5 cm³/mol. The molecule has 0 aliphatic rings. The highest BCUT2D eigenvalue weighted by Gasteiger charge is 2.06. The summed E-state index contributed by atoms with van der Waals surface area (Å²) in [6.07, 6.45) is 3.29. The molecule has 13 heavy (non-hydrogen) atoms. The van der Waals surface area contributed by atoms with Gasteiger partial charge in [0.25, 0.3) is 5.89 Å². The Hall–Kier alpha value is -1.75. The lowest BCUT2D eigenvalue weighted by atomic mass is 10.3. The highest BCUT2D eigenvalue weighted by molar-refractivity contribution is 5.51. The summed E-state index contributed by atoms with van der Waals surface area (Å²) in [5.74, 6) is 0.649. The third-order valence-corrected chi connectivity index (χ3v) is 1.52. The van der Waals surface area contributed by atoms with Crippen molar-refractivity contribution in [2.45, 2.75) is 6.61 Å². The van der Waals surface area contributed by atoms with Crippen molar-refractivity contribution < 1.29 is 9.63 Å². The zero-order valence-electron chi connectivity index (χ0n) is 6.71. The lowest BCUT2D eigenvalue weighted by Crippen LogP contribution is -1.83. The van der Waals surface area contributed by atoms with Gasteiger partial charge in [0.2, 0.25) is 5.82 Å². The van der Waals surface area contributed by atoms with Crippen LogP contribution in [0.15, 0.2) is 29.0 Å². The van der Waals surface area contributed by atoms with Crippen LogP contribution in [0, 0.1) is 0 Å². The fourth-order valence-electron chi connectivity index (χ4n) is 0.931. The second-order valence-corrected chi connectivity index (χ2v) is 2.41. The molecule has 0 aliphatic heterocycles. The minimum atomic E-state index is -0.243. The van der Waals surface area contributed by atoms with Gasteiger partial charge in [-0.05, 0) is 12.1 Å². The normalized spacial score (nSPS) is 10.2. The quantitative estimate of drug-likeness (QED) is 0.728. The highest BCUT2D eigenvalue weighted by atomic mass is 16.5. The van der Waals surface area contributed by atoms with E-state index in [1.807, 2.05) is 6.07 Å². The summed E-state index contributed by atoms with van der Waals surface area (Å²) in [6.45, 7) is -0.243. The molecule has 0 saturated carbocycles. The van der Waals surface area contributed by atoms with Crippen molar-refractivity contribution in [1.82, 2.24) is 15.1 Å². The third-order valence-electron chi connectivity index (χ3n) is 1.52. The molecule has 0 spiro atoms. The molecular formula is C8H7N3O2. The molecule has 0 atom stereocenters. The van der Waals surface area contributed by atoms with Crippen molar-refractivity contribution >= 4 is 0 Å². The van der Waals surface area contributed by atoms with Crippen LogP contribution in [0.5, 0.6) is 0 Å². The maximum atomic E-state index is 8.69. The zero-order valence-corrected chi connectivity index (χ0v) is 6.71. The Bertz CT molecular complexity index is 385. The molecule has 0 radical (unpaired) electrons. The van der Waals surface area contributed by atoms with Gasteiger partial charge in [0.1, 0.15) is 6.61 Å². The average Bonchev–Trinajstić information content (AvgIpc) is 2.67. The smallest absolute Gasteiger partial charge is 0.252 e.